The number of ether oxygens (including phenoxy) is 3. The van der Waals surface area contributed by atoms with Gasteiger partial charge in [-0.3, -0.25) is 14.4 Å². The molecule has 0 radical (unpaired) electrons. The first-order valence-electron chi connectivity index (χ1n) is 16.1. The van der Waals surface area contributed by atoms with Crippen molar-refractivity contribution in [1.82, 2.24) is 4.90 Å². The summed E-state index contributed by atoms with van der Waals surface area (Å²) in [4.78, 5) is 49.1. The third-order valence-electron chi connectivity index (χ3n) is 9.69. The second kappa shape index (κ2) is 12.2. The summed E-state index contributed by atoms with van der Waals surface area (Å²) in [5.41, 5.74) is -1.27. The van der Waals surface area contributed by atoms with Crippen molar-refractivity contribution in [2.45, 2.75) is 57.4 Å². The van der Waals surface area contributed by atoms with Crippen LogP contribution in [0.15, 0.2) is 72.8 Å². The van der Waals surface area contributed by atoms with Gasteiger partial charge < -0.3 is 34.0 Å². The van der Waals surface area contributed by atoms with Crippen molar-refractivity contribution in [1.29, 1.82) is 0 Å². The van der Waals surface area contributed by atoms with Gasteiger partial charge in [0.25, 0.3) is 5.91 Å². The largest absolute Gasteiger partial charge is 0.497 e. The molecule has 2 aromatic rings. The lowest BCUT2D eigenvalue weighted by atomic mass is 9.74. The molecule has 6 atom stereocenters. The Labute approximate surface area is 270 Å². The highest BCUT2D eigenvalue weighted by atomic mass is 16.5. The zero-order chi connectivity index (χ0) is 32.8. The molecule has 46 heavy (non-hydrogen) atoms. The average molecular weight is 630 g/mol. The molecular formula is C36H43N3O7. The molecule has 2 saturated heterocycles. The first kappa shape index (κ1) is 31.8. The number of anilines is 2. The van der Waals surface area contributed by atoms with Crippen LogP contribution in [0.3, 0.4) is 0 Å². The normalized spacial score (nSPS) is 29.4. The molecule has 1 N–H and O–H groups in total. The van der Waals surface area contributed by atoms with Gasteiger partial charge in [-0.25, -0.2) is 0 Å². The molecule has 2 aromatic carbocycles. The number of benzene rings is 2. The number of carbonyl (C=O) groups is 3. The monoisotopic (exact) mass is 629 g/mol. The van der Waals surface area contributed by atoms with Crippen molar-refractivity contribution in [3.63, 3.8) is 0 Å². The van der Waals surface area contributed by atoms with Gasteiger partial charge in [0.15, 0.2) is 0 Å². The van der Waals surface area contributed by atoms with Crippen molar-refractivity contribution in [2.24, 2.45) is 17.8 Å². The molecular weight excluding hydrogens is 586 g/mol. The van der Waals surface area contributed by atoms with E-state index in [1.54, 1.807) is 41.2 Å². The maximum atomic E-state index is 14.8. The predicted molar refractivity (Wildman–Crippen MR) is 174 cm³/mol. The molecule has 3 amide bonds. The number of carbonyl (C=O) groups excluding carboxylic acids is 3. The minimum atomic E-state index is -1.43. The van der Waals surface area contributed by atoms with Gasteiger partial charge in [-0.1, -0.05) is 38.2 Å². The molecule has 1 spiro atoms. The second-order valence-electron chi connectivity index (χ2n) is 13.0. The number of aliphatic hydroxyl groups is 1. The zero-order valence-corrected chi connectivity index (χ0v) is 27.1. The Balaban J connectivity index is 1.45. The minimum Gasteiger partial charge on any atom is -0.497 e. The number of amides is 3. The van der Waals surface area contributed by atoms with E-state index in [0.29, 0.717) is 42.4 Å². The SMILES string of the molecule is CCOc1ccc(N2CC=C[C@@]3(C)O[C@]45C=CCN(c6ccc(OC)cc6)C(=O)C4N([C@@H](CO)CC(C)C)C(=O)[C@@H]5[C@H]3C2=O)cc1. The van der Waals surface area contributed by atoms with Gasteiger partial charge in [0.1, 0.15) is 23.1 Å². The van der Waals surface area contributed by atoms with Crippen LogP contribution < -0.4 is 19.3 Å². The number of likely N-dealkylation sites (tertiary alicyclic amines) is 1. The van der Waals surface area contributed by atoms with Crippen LogP contribution in [0, 0.1) is 17.8 Å². The van der Waals surface area contributed by atoms with Crippen molar-refractivity contribution >= 4 is 29.1 Å². The van der Waals surface area contributed by atoms with E-state index in [9.17, 15) is 19.5 Å². The summed E-state index contributed by atoms with van der Waals surface area (Å²) in [6.07, 6.45) is 7.93. The number of nitrogens with zero attached hydrogens (tertiary/aromatic N) is 3. The number of fused-ring (bicyclic) bond motifs is 2. The van der Waals surface area contributed by atoms with Crippen LogP contribution in [0.1, 0.15) is 34.1 Å². The highest BCUT2D eigenvalue weighted by Gasteiger charge is 2.75. The fourth-order valence-electron chi connectivity index (χ4n) is 7.79. The van der Waals surface area contributed by atoms with Gasteiger partial charge in [-0.05, 0) is 74.7 Å². The third-order valence-corrected chi connectivity index (χ3v) is 9.69. The van der Waals surface area contributed by atoms with Crippen LogP contribution in [0.5, 0.6) is 11.5 Å². The standard InChI is InChI=1S/C36H43N3O7/c1-6-45-28-15-11-24(12-16-28)37-19-7-17-35(4)29(32(37)41)30-33(42)39(26(22-40)21-23(2)3)31-34(43)38(20-8-18-36(30,31)46-35)25-9-13-27(44-5)14-10-25/h7-18,23,26,29-31,40H,6,19-22H2,1-5H3/t26-,29+,30+,31?,35-,36+/m1/s1. The van der Waals surface area contributed by atoms with Crippen LogP contribution in [0.4, 0.5) is 11.4 Å². The van der Waals surface area contributed by atoms with Gasteiger partial charge in [0.2, 0.25) is 11.8 Å². The van der Waals surface area contributed by atoms with Gasteiger partial charge in [-0.15, -0.1) is 0 Å². The molecule has 244 valence electrons. The summed E-state index contributed by atoms with van der Waals surface area (Å²) in [6, 6.07) is 12.8. The van der Waals surface area contributed by atoms with Gasteiger partial charge in [0.05, 0.1) is 43.8 Å². The first-order chi connectivity index (χ1) is 22.1. The van der Waals surface area contributed by atoms with Crippen LogP contribution in [0.25, 0.3) is 0 Å². The number of hydrogen-bond acceptors (Lipinski definition) is 7. The molecule has 0 aliphatic carbocycles. The molecule has 1 unspecified atom stereocenters. The molecule has 0 bridgehead atoms. The summed E-state index contributed by atoms with van der Waals surface area (Å²) in [6.45, 7) is 8.53. The number of methoxy groups -OCH3 is 1. The first-order valence-corrected chi connectivity index (χ1v) is 16.1. The average Bonchev–Trinajstić information content (AvgIpc) is 3.31. The molecule has 2 fully saturated rings. The molecule has 6 rings (SSSR count). The lowest BCUT2D eigenvalue weighted by Gasteiger charge is -2.40. The van der Waals surface area contributed by atoms with E-state index >= 15 is 0 Å². The highest BCUT2D eigenvalue weighted by Crippen LogP contribution is 2.58. The van der Waals surface area contributed by atoms with E-state index in [0.717, 1.165) is 0 Å². The van der Waals surface area contributed by atoms with Crippen molar-refractivity contribution in [3.05, 3.63) is 72.8 Å². The molecule has 0 aromatic heterocycles. The third kappa shape index (κ3) is 5.08. The molecule has 4 aliphatic heterocycles. The Kier molecular flexibility index (Phi) is 8.45. The summed E-state index contributed by atoms with van der Waals surface area (Å²) in [5.74, 6) is -1.35. The maximum Gasteiger partial charge on any atom is 0.253 e. The smallest absolute Gasteiger partial charge is 0.253 e. The Morgan fingerprint density at radius 3 is 2.02 bits per heavy atom. The minimum absolute atomic E-state index is 0.138. The summed E-state index contributed by atoms with van der Waals surface area (Å²) >= 11 is 0. The van der Waals surface area contributed by atoms with Gasteiger partial charge in [-0.2, -0.15) is 0 Å². The second-order valence-corrected chi connectivity index (χ2v) is 13.0. The van der Waals surface area contributed by atoms with E-state index in [2.05, 4.69) is 0 Å². The number of hydrogen-bond donors (Lipinski definition) is 1. The number of rotatable bonds is 9. The van der Waals surface area contributed by atoms with E-state index in [1.165, 1.54) is 4.90 Å². The van der Waals surface area contributed by atoms with Crippen LogP contribution in [0.2, 0.25) is 0 Å². The molecule has 10 nitrogen and oxygen atoms in total. The fraction of sp³-hybridized carbons (Fsp3) is 0.472. The predicted octanol–water partition coefficient (Wildman–Crippen LogP) is 3.98. The van der Waals surface area contributed by atoms with E-state index in [1.807, 2.05) is 76.3 Å². The quantitative estimate of drug-likeness (QED) is 0.418. The Hall–Kier alpha value is -4.15. The molecule has 10 heteroatoms. The Bertz CT molecular complexity index is 1540. The topological polar surface area (TPSA) is 109 Å². The lowest BCUT2D eigenvalue weighted by Crippen LogP contribution is -2.59. The fourth-order valence-corrected chi connectivity index (χ4v) is 7.79. The lowest BCUT2D eigenvalue weighted by molar-refractivity contribution is -0.148. The van der Waals surface area contributed by atoms with Crippen molar-refractivity contribution < 1.29 is 33.7 Å². The van der Waals surface area contributed by atoms with E-state index in [-0.39, 0.29) is 36.8 Å². The van der Waals surface area contributed by atoms with Crippen LogP contribution >= 0.6 is 0 Å². The zero-order valence-electron chi connectivity index (χ0n) is 27.1. The Morgan fingerprint density at radius 1 is 0.870 bits per heavy atom. The highest BCUT2D eigenvalue weighted by molar-refractivity contribution is 6.07. The summed E-state index contributed by atoms with van der Waals surface area (Å²) in [5, 5.41) is 10.6. The maximum absolute atomic E-state index is 14.8. The van der Waals surface area contributed by atoms with Crippen molar-refractivity contribution in [2.75, 3.05) is 43.2 Å². The Morgan fingerprint density at radius 2 is 1.46 bits per heavy atom. The van der Waals surface area contributed by atoms with Crippen LogP contribution in [-0.4, -0.2) is 84.4 Å². The van der Waals surface area contributed by atoms with Gasteiger partial charge >= 0.3 is 0 Å². The van der Waals surface area contributed by atoms with E-state index in [4.69, 9.17) is 14.2 Å². The van der Waals surface area contributed by atoms with E-state index < -0.39 is 35.1 Å². The molecule has 4 aliphatic rings. The molecule has 4 heterocycles. The van der Waals surface area contributed by atoms with Gasteiger partial charge in [0, 0.05) is 24.5 Å². The summed E-state index contributed by atoms with van der Waals surface area (Å²) in [7, 11) is 1.58. The van der Waals surface area contributed by atoms with Crippen LogP contribution in [-0.2, 0) is 19.1 Å². The number of aliphatic hydroxyl groups excluding tert-OH is 1. The van der Waals surface area contributed by atoms with Crippen molar-refractivity contribution in [3.8, 4) is 11.5 Å². The molecule has 0 saturated carbocycles. The summed E-state index contributed by atoms with van der Waals surface area (Å²) < 4.78 is 17.9.